The van der Waals surface area contributed by atoms with Gasteiger partial charge in [-0.15, -0.1) is 12.4 Å². The monoisotopic (exact) mass is 714 g/mol. The van der Waals surface area contributed by atoms with Gasteiger partial charge in [-0.3, -0.25) is 4.79 Å². The molecule has 0 spiro atoms. The molecule has 2 fully saturated rings. The van der Waals surface area contributed by atoms with E-state index in [1.54, 1.807) is 36.4 Å². The first-order valence-corrected chi connectivity index (χ1v) is 15.4. The van der Waals surface area contributed by atoms with Crippen LogP contribution >= 0.6 is 12.4 Å². The lowest BCUT2D eigenvalue weighted by atomic mass is 9.87. The van der Waals surface area contributed by atoms with E-state index in [-0.39, 0.29) is 61.3 Å². The number of likely N-dealkylation sites (tertiary alicyclic amines) is 1. The van der Waals surface area contributed by atoms with Crippen molar-refractivity contribution >= 4 is 24.3 Å². The third-order valence-corrected chi connectivity index (χ3v) is 8.69. The number of piperidine rings is 1. The zero-order valence-electron chi connectivity index (χ0n) is 26.9. The first kappa shape index (κ1) is 37.8. The number of halogens is 7. The van der Waals surface area contributed by atoms with E-state index in [0.29, 0.717) is 36.8 Å². The lowest BCUT2D eigenvalue weighted by Gasteiger charge is -2.22. The molecule has 4 atom stereocenters. The number of carboxylic acids is 1. The van der Waals surface area contributed by atoms with Crippen LogP contribution in [0.3, 0.4) is 0 Å². The van der Waals surface area contributed by atoms with Crippen LogP contribution in [-0.4, -0.2) is 60.3 Å². The summed E-state index contributed by atoms with van der Waals surface area (Å²) in [5, 5.41) is 13.0. The molecule has 3 aromatic carbocycles. The van der Waals surface area contributed by atoms with E-state index in [4.69, 9.17) is 9.47 Å². The fourth-order valence-corrected chi connectivity index (χ4v) is 5.96. The molecule has 14 heteroatoms. The highest BCUT2D eigenvalue weighted by Crippen LogP contribution is 2.46. The van der Waals surface area contributed by atoms with E-state index in [1.165, 1.54) is 4.90 Å². The van der Waals surface area contributed by atoms with Crippen molar-refractivity contribution in [2.45, 2.75) is 57.1 Å². The van der Waals surface area contributed by atoms with Crippen LogP contribution in [0.4, 0.5) is 26.3 Å². The average Bonchev–Trinajstić information content (AvgIpc) is 3.45. The summed E-state index contributed by atoms with van der Waals surface area (Å²) in [6, 6.07) is 15.4. The molecule has 1 heterocycles. The van der Waals surface area contributed by atoms with E-state index in [2.05, 4.69) is 26.1 Å². The Labute approximate surface area is 286 Å². The Balaban J connectivity index is 0.00000541. The maximum atomic E-state index is 13.2. The van der Waals surface area contributed by atoms with Gasteiger partial charge in [0.05, 0.1) is 11.1 Å². The van der Waals surface area contributed by atoms with Crippen LogP contribution in [0.15, 0.2) is 66.7 Å². The lowest BCUT2D eigenvalue weighted by molar-refractivity contribution is -0.145. The van der Waals surface area contributed by atoms with E-state index < -0.39 is 47.0 Å². The number of carbonyl (C=O) groups excluding carboxylic acids is 1. The summed E-state index contributed by atoms with van der Waals surface area (Å²) in [6.07, 6.45) is -11.0. The number of aliphatic carboxylic acids is 1. The smallest absolute Gasteiger partial charge is 0.416 e. The molecule has 1 aliphatic carbocycles. The lowest BCUT2D eigenvalue weighted by Crippen LogP contribution is -2.36. The van der Waals surface area contributed by atoms with Gasteiger partial charge in [0.1, 0.15) is 18.1 Å². The van der Waals surface area contributed by atoms with Gasteiger partial charge in [0.2, 0.25) is 0 Å². The largest absolute Gasteiger partial charge is 0.492 e. The number of rotatable bonds is 11. The van der Waals surface area contributed by atoms with Crippen LogP contribution in [0.5, 0.6) is 11.5 Å². The molecule has 1 unspecified atom stereocenters. The van der Waals surface area contributed by atoms with Crippen LogP contribution in [0.2, 0.25) is 0 Å². The van der Waals surface area contributed by atoms with E-state index in [9.17, 15) is 41.0 Å². The second kappa shape index (κ2) is 14.5. The van der Waals surface area contributed by atoms with Gasteiger partial charge in [0.15, 0.2) is 6.10 Å². The molecule has 0 bridgehead atoms. The van der Waals surface area contributed by atoms with Crippen molar-refractivity contribution in [1.82, 2.24) is 10.2 Å². The van der Waals surface area contributed by atoms with Gasteiger partial charge in [-0.2, -0.15) is 26.3 Å². The molecule has 49 heavy (non-hydrogen) atoms. The van der Waals surface area contributed by atoms with Crippen molar-refractivity contribution in [2.75, 3.05) is 26.2 Å². The Morgan fingerprint density at radius 1 is 0.837 bits per heavy atom. The van der Waals surface area contributed by atoms with Gasteiger partial charge >= 0.3 is 18.3 Å². The van der Waals surface area contributed by atoms with Crippen molar-refractivity contribution in [3.8, 4) is 11.5 Å². The van der Waals surface area contributed by atoms with E-state index in [0.717, 1.165) is 11.1 Å². The number of ether oxygens (including phenoxy) is 2. The maximum Gasteiger partial charge on any atom is 0.416 e. The van der Waals surface area contributed by atoms with Gasteiger partial charge in [-0.1, -0.05) is 45.0 Å². The molecule has 1 amide bonds. The molecule has 2 N–H and O–H groups in total. The van der Waals surface area contributed by atoms with Crippen molar-refractivity contribution in [3.05, 3.63) is 94.5 Å². The van der Waals surface area contributed by atoms with E-state index in [1.807, 2.05) is 12.1 Å². The molecule has 2 aliphatic rings. The minimum atomic E-state index is -5.03. The summed E-state index contributed by atoms with van der Waals surface area (Å²) in [6.45, 7) is 7.50. The minimum Gasteiger partial charge on any atom is -0.492 e. The Kier molecular flexibility index (Phi) is 11.2. The normalized spacial score (nSPS) is 19.4. The number of carboxylic acid groups (broad SMARTS) is 1. The molecule has 1 saturated carbocycles. The quantitative estimate of drug-likeness (QED) is 0.161. The fourth-order valence-electron chi connectivity index (χ4n) is 5.96. The number of amides is 1. The summed E-state index contributed by atoms with van der Waals surface area (Å²) < 4.78 is 90.8. The minimum absolute atomic E-state index is 0. The fraction of sp³-hybridized carbons (Fsp3) is 0.429. The molecule has 1 aliphatic heterocycles. The standard InChI is InChI=1S/C35H36F6N2O5.ClH/c1-33(2,3)22-6-10-26(11-7-22)48-29(32(45)46)14-20-4-8-25(9-5-20)47-13-12-42-30-27-18-43(19-28(27)30)31(44)21-15-23(34(36,37)38)17-24(16-21)35(39,40)41;/h4-11,15-17,27-30,42H,12-14,18-19H2,1-3H3,(H,45,46);1H/t27-,28+,29-,30?;/m0./s1. The number of carbonyl (C=O) groups is 2. The molecule has 1 saturated heterocycles. The van der Waals surface area contributed by atoms with Crippen LogP contribution < -0.4 is 14.8 Å². The van der Waals surface area contributed by atoms with Crippen LogP contribution in [0, 0.1) is 11.8 Å². The zero-order chi connectivity index (χ0) is 35.0. The van der Waals surface area contributed by atoms with Crippen LogP contribution in [0.25, 0.3) is 0 Å². The van der Waals surface area contributed by atoms with Crippen LogP contribution in [0.1, 0.15) is 53.4 Å². The van der Waals surface area contributed by atoms with Crippen molar-refractivity contribution in [2.24, 2.45) is 11.8 Å². The summed E-state index contributed by atoms with van der Waals surface area (Å²) in [7, 11) is 0. The van der Waals surface area contributed by atoms with Gasteiger partial charge in [-0.25, -0.2) is 4.79 Å². The molecule has 266 valence electrons. The number of fused-ring (bicyclic) bond motifs is 1. The molecular weight excluding hydrogens is 678 g/mol. The second-order valence-corrected chi connectivity index (χ2v) is 13.2. The maximum absolute atomic E-state index is 13.2. The number of alkyl halides is 6. The number of hydrogen-bond donors (Lipinski definition) is 2. The predicted octanol–water partition coefficient (Wildman–Crippen LogP) is 7.26. The molecule has 3 aromatic rings. The van der Waals surface area contributed by atoms with Crippen molar-refractivity contribution < 1.29 is 50.5 Å². The highest BCUT2D eigenvalue weighted by Gasteiger charge is 2.56. The Morgan fingerprint density at radius 3 is 1.86 bits per heavy atom. The molecule has 5 rings (SSSR count). The number of nitrogens with zero attached hydrogens (tertiary/aromatic N) is 1. The van der Waals surface area contributed by atoms with Crippen molar-refractivity contribution in [1.29, 1.82) is 0 Å². The van der Waals surface area contributed by atoms with Crippen LogP contribution in [-0.2, 0) is 29.0 Å². The third kappa shape index (κ3) is 9.39. The molecular formula is C35H37ClF6N2O5. The van der Waals surface area contributed by atoms with Gasteiger partial charge in [0.25, 0.3) is 5.91 Å². The number of nitrogens with one attached hydrogen (secondary N) is 1. The Bertz CT molecular complexity index is 1580. The Morgan fingerprint density at radius 2 is 1.37 bits per heavy atom. The number of benzene rings is 3. The highest BCUT2D eigenvalue weighted by atomic mass is 35.5. The SMILES string of the molecule is CC(C)(C)c1ccc(O[C@@H](Cc2ccc(OCCNC3[C@H]4CN(C(=O)c5cc(C(F)(F)F)cc(C(F)(F)F)c5)C[C@@H]34)cc2)C(=O)O)cc1.Cl. The topological polar surface area (TPSA) is 88.1 Å². The average molecular weight is 715 g/mol. The molecule has 7 nitrogen and oxygen atoms in total. The van der Waals surface area contributed by atoms with Gasteiger partial charge in [0, 0.05) is 37.7 Å². The van der Waals surface area contributed by atoms with E-state index >= 15 is 0 Å². The predicted molar refractivity (Wildman–Crippen MR) is 171 cm³/mol. The summed E-state index contributed by atoms with van der Waals surface area (Å²) in [5.74, 6) is -0.801. The second-order valence-electron chi connectivity index (χ2n) is 13.2. The molecule has 0 aromatic heterocycles. The first-order valence-electron chi connectivity index (χ1n) is 15.4. The summed E-state index contributed by atoms with van der Waals surface area (Å²) in [5.41, 5.74) is -1.85. The molecule has 0 radical (unpaired) electrons. The van der Waals surface area contributed by atoms with Crippen molar-refractivity contribution in [3.63, 3.8) is 0 Å². The third-order valence-electron chi connectivity index (χ3n) is 8.69. The summed E-state index contributed by atoms with van der Waals surface area (Å²) >= 11 is 0. The summed E-state index contributed by atoms with van der Waals surface area (Å²) in [4.78, 5) is 26.0. The van der Waals surface area contributed by atoms with Gasteiger partial charge in [-0.05, 0) is 70.8 Å². The number of hydrogen-bond acceptors (Lipinski definition) is 5. The highest BCUT2D eigenvalue weighted by molar-refractivity contribution is 5.95. The van der Waals surface area contributed by atoms with Gasteiger partial charge < -0.3 is 24.8 Å². The first-order chi connectivity index (χ1) is 22.4. The Hall–Kier alpha value is -3.97. The zero-order valence-corrected chi connectivity index (χ0v) is 27.7.